The van der Waals surface area contributed by atoms with Gasteiger partial charge in [0.2, 0.25) is 15.9 Å². The van der Waals surface area contributed by atoms with Crippen LogP contribution in [0.2, 0.25) is 0 Å². The second-order valence-corrected chi connectivity index (χ2v) is 12.0. The number of carbonyl (C=O) groups excluding carboxylic acids is 1. The van der Waals surface area contributed by atoms with Gasteiger partial charge in [0.1, 0.15) is 12.4 Å². The van der Waals surface area contributed by atoms with Crippen molar-refractivity contribution in [2.24, 2.45) is 0 Å². The maximum absolute atomic E-state index is 13.1. The number of rotatable bonds is 10. The van der Waals surface area contributed by atoms with Crippen LogP contribution in [0.1, 0.15) is 36.8 Å². The molecule has 11 heteroatoms. The molecular weight excluding hydrogens is 484 g/mol. The van der Waals surface area contributed by atoms with Crippen molar-refractivity contribution < 1.29 is 27.9 Å². The molecule has 2 aliphatic heterocycles. The Morgan fingerprint density at radius 1 is 1.11 bits per heavy atom. The maximum atomic E-state index is 13.1. The van der Waals surface area contributed by atoms with Crippen LogP contribution in [0, 0.1) is 13.8 Å². The fraction of sp³-hybridized carbons (Fsp3) is 0.720. The van der Waals surface area contributed by atoms with Gasteiger partial charge in [0, 0.05) is 32.7 Å². The van der Waals surface area contributed by atoms with Crippen molar-refractivity contribution in [2.45, 2.75) is 56.5 Å². The van der Waals surface area contributed by atoms with Crippen molar-refractivity contribution in [3.8, 4) is 5.75 Å². The van der Waals surface area contributed by atoms with Crippen LogP contribution in [0.5, 0.6) is 5.75 Å². The lowest BCUT2D eigenvalue weighted by molar-refractivity contribution is -0.183. The third kappa shape index (κ3) is 6.96. The van der Waals surface area contributed by atoms with E-state index in [2.05, 4.69) is 11.9 Å². The molecule has 1 amide bonds. The van der Waals surface area contributed by atoms with Crippen molar-refractivity contribution >= 4 is 15.9 Å². The Balaban J connectivity index is 1.46. The summed E-state index contributed by atoms with van der Waals surface area (Å²) in [5.74, 6) is 0.480. The van der Waals surface area contributed by atoms with Crippen LogP contribution in [-0.2, 0) is 19.6 Å². The van der Waals surface area contributed by atoms with Crippen LogP contribution < -0.4 is 4.74 Å². The Labute approximate surface area is 215 Å². The summed E-state index contributed by atoms with van der Waals surface area (Å²) in [5.41, 5.74) is 1.24. The molecule has 1 aromatic rings. The van der Waals surface area contributed by atoms with Gasteiger partial charge in [-0.15, -0.1) is 0 Å². The average Bonchev–Trinajstić information content (AvgIpc) is 2.85. The van der Waals surface area contributed by atoms with E-state index in [1.165, 1.54) is 16.4 Å². The number of likely N-dealkylation sites (tertiary alicyclic amines) is 2. The van der Waals surface area contributed by atoms with Crippen LogP contribution >= 0.6 is 0 Å². The number of amides is 1. The minimum atomic E-state index is -3.71. The molecule has 2 heterocycles. The highest BCUT2D eigenvalue weighted by atomic mass is 32.2. The van der Waals surface area contributed by atoms with Crippen LogP contribution in [0.4, 0.5) is 0 Å². The molecule has 0 aliphatic carbocycles. The number of piperidine rings is 2. The van der Waals surface area contributed by atoms with Gasteiger partial charge in [-0.1, -0.05) is 0 Å². The first-order valence-electron chi connectivity index (χ1n) is 12.7. The van der Waals surface area contributed by atoms with Gasteiger partial charge >= 0.3 is 0 Å². The van der Waals surface area contributed by atoms with Gasteiger partial charge in [0.25, 0.3) is 0 Å². The number of hydroxylamine groups is 2. The van der Waals surface area contributed by atoms with Gasteiger partial charge in [-0.3, -0.25) is 4.79 Å². The Kier molecular flexibility index (Phi) is 10.1. The van der Waals surface area contributed by atoms with Crippen LogP contribution in [0.25, 0.3) is 0 Å². The first-order chi connectivity index (χ1) is 17.0. The van der Waals surface area contributed by atoms with Gasteiger partial charge in [0.15, 0.2) is 0 Å². The van der Waals surface area contributed by atoms with Crippen LogP contribution in [0.3, 0.4) is 0 Å². The van der Waals surface area contributed by atoms with Crippen molar-refractivity contribution in [1.29, 1.82) is 0 Å². The second-order valence-electron chi connectivity index (χ2n) is 10.0. The summed E-state index contributed by atoms with van der Waals surface area (Å²) in [7, 11) is 1.44. The topological polar surface area (TPSA) is 103 Å². The summed E-state index contributed by atoms with van der Waals surface area (Å²) < 4.78 is 38.3. The molecule has 2 aliphatic rings. The number of hydrogen-bond donors (Lipinski definition) is 1. The molecule has 0 aromatic heterocycles. The molecule has 204 valence electrons. The summed E-state index contributed by atoms with van der Waals surface area (Å²) in [6, 6.07) is 3.47. The summed E-state index contributed by atoms with van der Waals surface area (Å²) >= 11 is 0. The zero-order valence-electron chi connectivity index (χ0n) is 22.3. The van der Waals surface area contributed by atoms with Crippen molar-refractivity contribution in [3.05, 3.63) is 23.3 Å². The standard InChI is InChI=1S/C25H42N4O6S/c1-19-15-23(34-5)16-20(2)25(19)36(32,33)27(4)13-14-35-18-24(30)28-10-6-7-22(17-28)29(31)21-8-11-26(3)12-9-21/h15-16,21-22,31H,6-14,17-18H2,1-5H3/t22-/m0/s1. The second kappa shape index (κ2) is 12.7. The van der Waals surface area contributed by atoms with Crippen molar-refractivity contribution in [1.82, 2.24) is 19.2 Å². The number of likely N-dealkylation sites (N-methyl/N-ethyl adjacent to an activating group) is 1. The molecule has 0 radical (unpaired) electrons. The SMILES string of the molecule is COc1cc(C)c(S(=O)(=O)N(C)CCOCC(=O)N2CCC[C@H](N(O)C3CCN(C)CC3)C2)c(C)c1. The van der Waals surface area contributed by atoms with E-state index in [0.29, 0.717) is 30.0 Å². The smallest absolute Gasteiger partial charge is 0.248 e. The molecule has 1 atom stereocenters. The van der Waals surface area contributed by atoms with Gasteiger partial charge in [-0.25, -0.2) is 8.42 Å². The van der Waals surface area contributed by atoms with E-state index in [-0.39, 0.29) is 42.6 Å². The van der Waals surface area contributed by atoms with E-state index < -0.39 is 10.0 Å². The predicted molar refractivity (Wildman–Crippen MR) is 137 cm³/mol. The van der Waals surface area contributed by atoms with E-state index in [1.807, 2.05) is 0 Å². The zero-order chi connectivity index (χ0) is 26.5. The van der Waals surface area contributed by atoms with Crippen LogP contribution in [-0.4, -0.2) is 118 Å². The fourth-order valence-electron chi connectivity index (χ4n) is 5.11. The quantitative estimate of drug-likeness (QED) is 0.363. The Hall–Kier alpha value is -1.76. The van der Waals surface area contributed by atoms with E-state index in [4.69, 9.17) is 9.47 Å². The Morgan fingerprint density at radius 3 is 2.36 bits per heavy atom. The molecule has 36 heavy (non-hydrogen) atoms. The normalized spacial score (nSPS) is 20.3. The molecule has 1 N–H and O–H groups in total. The minimum Gasteiger partial charge on any atom is -0.497 e. The lowest BCUT2D eigenvalue weighted by atomic mass is 9.99. The number of ether oxygens (including phenoxy) is 2. The van der Waals surface area contributed by atoms with E-state index in [0.717, 1.165) is 38.8 Å². The predicted octanol–water partition coefficient (Wildman–Crippen LogP) is 1.73. The molecule has 2 saturated heterocycles. The summed E-state index contributed by atoms with van der Waals surface area (Å²) in [6.45, 7) is 6.67. The van der Waals surface area contributed by atoms with E-state index in [9.17, 15) is 18.4 Å². The maximum Gasteiger partial charge on any atom is 0.248 e. The summed E-state index contributed by atoms with van der Waals surface area (Å²) in [5, 5.41) is 12.3. The number of hydrogen-bond acceptors (Lipinski definition) is 8. The lowest BCUT2D eigenvalue weighted by Gasteiger charge is -2.41. The Bertz CT molecular complexity index is 973. The highest BCUT2D eigenvalue weighted by molar-refractivity contribution is 7.89. The summed E-state index contributed by atoms with van der Waals surface area (Å²) in [4.78, 5) is 17.0. The number of sulfonamides is 1. The third-order valence-corrected chi connectivity index (χ3v) is 9.46. The first-order valence-corrected chi connectivity index (χ1v) is 14.1. The average molecular weight is 527 g/mol. The van der Waals surface area contributed by atoms with E-state index >= 15 is 0 Å². The van der Waals surface area contributed by atoms with Gasteiger partial charge in [-0.2, -0.15) is 9.37 Å². The monoisotopic (exact) mass is 526 g/mol. The van der Waals surface area contributed by atoms with Crippen molar-refractivity contribution in [2.75, 3.05) is 67.1 Å². The zero-order valence-corrected chi connectivity index (χ0v) is 23.1. The lowest BCUT2D eigenvalue weighted by Crippen LogP contribution is -2.54. The summed E-state index contributed by atoms with van der Waals surface area (Å²) in [6.07, 6.45) is 3.54. The molecule has 10 nitrogen and oxygen atoms in total. The molecule has 0 saturated carbocycles. The molecule has 0 unspecified atom stereocenters. The molecule has 2 fully saturated rings. The first kappa shape index (κ1) is 28.8. The Morgan fingerprint density at radius 2 is 1.75 bits per heavy atom. The molecular formula is C25H42N4O6S. The highest BCUT2D eigenvalue weighted by Crippen LogP contribution is 2.27. The molecule has 0 bridgehead atoms. The number of nitrogens with zero attached hydrogens (tertiary/aromatic N) is 4. The number of carbonyl (C=O) groups is 1. The third-order valence-electron chi connectivity index (χ3n) is 7.30. The van der Waals surface area contributed by atoms with Gasteiger partial charge in [-0.05, 0) is 82.9 Å². The molecule has 3 rings (SSSR count). The van der Waals surface area contributed by atoms with Crippen LogP contribution in [0.15, 0.2) is 17.0 Å². The van der Waals surface area contributed by atoms with Gasteiger partial charge < -0.3 is 24.5 Å². The number of aryl methyl sites for hydroxylation is 2. The van der Waals surface area contributed by atoms with Gasteiger partial charge in [0.05, 0.1) is 24.7 Å². The highest BCUT2D eigenvalue weighted by Gasteiger charge is 2.32. The number of benzene rings is 1. The van der Waals surface area contributed by atoms with E-state index in [1.54, 1.807) is 38.0 Å². The minimum absolute atomic E-state index is 0.0663. The van der Waals surface area contributed by atoms with Crippen molar-refractivity contribution in [3.63, 3.8) is 0 Å². The molecule has 1 aromatic carbocycles. The fourth-order valence-corrected chi connectivity index (χ4v) is 6.67. The largest absolute Gasteiger partial charge is 0.497 e. The number of methoxy groups -OCH3 is 1. The molecule has 0 spiro atoms.